The molecular formula is C18H33NO2. The van der Waals surface area contributed by atoms with Crippen molar-refractivity contribution in [2.45, 2.75) is 77.4 Å². The highest BCUT2D eigenvalue weighted by atomic mass is 16.5. The van der Waals surface area contributed by atoms with E-state index in [1.54, 1.807) is 0 Å². The molecule has 0 saturated heterocycles. The molecule has 0 aromatic heterocycles. The van der Waals surface area contributed by atoms with Gasteiger partial charge in [-0.15, -0.1) is 0 Å². The van der Waals surface area contributed by atoms with Crippen LogP contribution < -0.4 is 5.32 Å². The highest BCUT2D eigenvalue weighted by Crippen LogP contribution is 2.45. The molecule has 3 heteroatoms. The van der Waals surface area contributed by atoms with Gasteiger partial charge in [0, 0.05) is 7.11 Å². The molecular weight excluding hydrogens is 262 g/mol. The standard InChI is InChI=1S/C18H33NO2/c1-5-13-19-16(15-8-6-7-14-21-15)18(20-4)11-9-17(2,3)10-12-18/h8,16,19H,5-7,9-14H2,1-4H3. The first-order valence-electron chi connectivity index (χ1n) is 8.64. The van der Waals surface area contributed by atoms with Gasteiger partial charge in [-0.1, -0.05) is 20.8 Å². The molecule has 1 unspecified atom stereocenters. The Bertz CT molecular complexity index is 352. The van der Waals surface area contributed by atoms with Crippen molar-refractivity contribution in [3.8, 4) is 0 Å². The Morgan fingerprint density at radius 2 is 2.00 bits per heavy atom. The van der Waals surface area contributed by atoms with Gasteiger partial charge in [0.1, 0.15) is 5.76 Å². The number of hydrogen-bond acceptors (Lipinski definition) is 3. The molecule has 1 N–H and O–H groups in total. The van der Waals surface area contributed by atoms with Crippen molar-refractivity contribution in [3.63, 3.8) is 0 Å². The van der Waals surface area contributed by atoms with Gasteiger partial charge in [-0.25, -0.2) is 0 Å². The molecule has 122 valence electrons. The molecule has 1 aliphatic carbocycles. The first kappa shape index (κ1) is 16.8. The van der Waals surface area contributed by atoms with Gasteiger partial charge >= 0.3 is 0 Å². The molecule has 0 bridgehead atoms. The van der Waals surface area contributed by atoms with E-state index in [0.717, 1.165) is 51.0 Å². The van der Waals surface area contributed by atoms with Crippen LogP contribution in [0.5, 0.6) is 0 Å². The second-order valence-electron chi connectivity index (χ2n) is 7.42. The van der Waals surface area contributed by atoms with Crippen LogP contribution in [0.2, 0.25) is 0 Å². The fourth-order valence-corrected chi connectivity index (χ4v) is 3.57. The Morgan fingerprint density at radius 1 is 1.29 bits per heavy atom. The van der Waals surface area contributed by atoms with Crippen molar-refractivity contribution >= 4 is 0 Å². The molecule has 1 atom stereocenters. The lowest BCUT2D eigenvalue weighted by molar-refractivity contribution is -0.0889. The average Bonchev–Trinajstić information content (AvgIpc) is 2.50. The number of nitrogens with one attached hydrogen (secondary N) is 1. The molecule has 21 heavy (non-hydrogen) atoms. The predicted octanol–water partition coefficient (Wildman–Crippen LogP) is 4.03. The summed E-state index contributed by atoms with van der Waals surface area (Å²) in [5, 5.41) is 3.71. The van der Waals surface area contributed by atoms with E-state index >= 15 is 0 Å². The minimum absolute atomic E-state index is 0.103. The summed E-state index contributed by atoms with van der Waals surface area (Å²) < 4.78 is 12.1. The van der Waals surface area contributed by atoms with E-state index in [1.165, 1.54) is 12.8 Å². The monoisotopic (exact) mass is 295 g/mol. The van der Waals surface area contributed by atoms with Crippen LogP contribution in [-0.4, -0.2) is 31.9 Å². The zero-order chi connectivity index (χ0) is 15.3. The summed E-state index contributed by atoms with van der Waals surface area (Å²) in [5.74, 6) is 1.12. The van der Waals surface area contributed by atoms with Gasteiger partial charge < -0.3 is 14.8 Å². The van der Waals surface area contributed by atoms with E-state index in [9.17, 15) is 0 Å². The smallest absolute Gasteiger partial charge is 0.112 e. The molecule has 1 fully saturated rings. The van der Waals surface area contributed by atoms with Crippen LogP contribution in [0.1, 0.15) is 65.7 Å². The lowest BCUT2D eigenvalue weighted by Crippen LogP contribution is -2.56. The van der Waals surface area contributed by atoms with E-state index in [2.05, 4.69) is 32.2 Å². The summed E-state index contributed by atoms with van der Waals surface area (Å²) in [4.78, 5) is 0. The molecule has 1 aliphatic heterocycles. The van der Waals surface area contributed by atoms with Crippen LogP contribution in [0.15, 0.2) is 11.8 Å². The third-order valence-corrected chi connectivity index (χ3v) is 5.23. The molecule has 1 saturated carbocycles. The maximum absolute atomic E-state index is 6.10. The summed E-state index contributed by atoms with van der Waals surface area (Å²) in [5.41, 5.74) is 0.340. The van der Waals surface area contributed by atoms with Gasteiger partial charge in [-0.2, -0.15) is 0 Å². The molecule has 3 nitrogen and oxygen atoms in total. The van der Waals surface area contributed by atoms with Crippen LogP contribution in [-0.2, 0) is 9.47 Å². The van der Waals surface area contributed by atoms with Gasteiger partial charge in [0.25, 0.3) is 0 Å². The largest absolute Gasteiger partial charge is 0.496 e. The molecule has 0 aromatic rings. The van der Waals surface area contributed by atoms with Crippen molar-refractivity contribution in [1.82, 2.24) is 5.32 Å². The lowest BCUT2D eigenvalue weighted by atomic mass is 9.68. The lowest BCUT2D eigenvalue weighted by Gasteiger charge is -2.47. The minimum Gasteiger partial charge on any atom is -0.496 e. The maximum Gasteiger partial charge on any atom is 0.112 e. The van der Waals surface area contributed by atoms with Crippen molar-refractivity contribution in [1.29, 1.82) is 0 Å². The zero-order valence-electron chi connectivity index (χ0n) is 14.3. The third kappa shape index (κ3) is 4.01. The minimum atomic E-state index is -0.103. The second-order valence-corrected chi connectivity index (χ2v) is 7.42. The third-order valence-electron chi connectivity index (χ3n) is 5.23. The van der Waals surface area contributed by atoms with E-state index < -0.39 is 0 Å². The topological polar surface area (TPSA) is 30.5 Å². The molecule has 0 spiro atoms. The molecule has 0 radical (unpaired) electrons. The van der Waals surface area contributed by atoms with Gasteiger partial charge in [0.05, 0.1) is 18.2 Å². The zero-order valence-corrected chi connectivity index (χ0v) is 14.3. The Morgan fingerprint density at radius 3 is 2.52 bits per heavy atom. The number of allylic oxidation sites excluding steroid dienone is 1. The van der Waals surface area contributed by atoms with Crippen LogP contribution in [0.4, 0.5) is 0 Å². The number of ether oxygens (including phenoxy) is 2. The van der Waals surface area contributed by atoms with Crippen LogP contribution in [0.25, 0.3) is 0 Å². The first-order valence-corrected chi connectivity index (χ1v) is 8.64. The quantitative estimate of drug-likeness (QED) is 0.802. The van der Waals surface area contributed by atoms with Crippen molar-refractivity contribution in [2.75, 3.05) is 20.3 Å². The number of rotatable bonds is 6. The fourth-order valence-electron chi connectivity index (χ4n) is 3.57. The highest BCUT2D eigenvalue weighted by molar-refractivity contribution is 5.15. The molecule has 0 aromatic carbocycles. The average molecular weight is 295 g/mol. The van der Waals surface area contributed by atoms with E-state index in [1.807, 2.05) is 7.11 Å². The Balaban J connectivity index is 2.18. The fraction of sp³-hybridized carbons (Fsp3) is 0.889. The van der Waals surface area contributed by atoms with Crippen LogP contribution in [0.3, 0.4) is 0 Å². The van der Waals surface area contributed by atoms with Crippen molar-refractivity contribution < 1.29 is 9.47 Å². The van der Waals surface area contributed by atoms with Crippen LogP contribution >= 0.6 is 0 Å². The van der Waals surface area contributed by atoms with E-state index in [0.29, 0.717) is 5.41 Å². The first-order chi connectivity index (χ1) is 10.0. The SMILES string of the molecule is CCCNC(C1=CCCCO1)C1(OC)CCC(C)(C)CC1. The van der Waals surface area contributed by atoms with Gasteiger partial charge in [-0.05, 0) is 63.0 Å². The summed E-state index contributed by atoms with van der Waals surface area (Å²) in [7, 11) is 1.88. The summed E-state index contributed by atoms with van der Waals surface area (Å²) in [6.07, 6.45) is 10.3. The summed E-state index contributed by atoms with van der Waals surface area (Å²) in [6, 6.07) is 0.207. The van der Waals surface area contributed by atoms with Gasteiger partial charge in [0.15, 0.2) is 0 Å². The summed E-state index contributed by atoms with van der Waals surface area (Å²) in [6.45, 7) is 8.82. The van der Waals surface area contributed by atoms with Crippen molar-refractivity contribution in [2.24, 2.45) is 5.41 Å². The normalized spacial score (nSPS) is 25.8. The predicted molar refractivity (Wildman–Crippen MR) is 87.3 cm³/mol. The number of hydrogen-bond donors (Lipinski definition) is 1. The number of methoxy groups -OCH3 is 1. The van der Waals surface area contributed by atoms with Gasteiger partial charge in [0.2, 0.25) is 0 Å². The second kappa shape index (κ2) is 7.15. The molecule has 1 heterocycles. The van der Waals surface area contributed by atoms with Gasteiger partial charge in [-0.3, -0.25) is 0 Å². The molecule has 0 amide bonds. The molecule has 2 rings (SSSR count). The Hall–Kier alpha value is -0.540. The maximum atomic E-state index is 6.10. The van der Waals surface area contributed by atoms with E-state index in [-0.39, 0.29) is 11.6 Å². The highest BCUT2D eigenvalue weighted by Gasteiger charge is 2.46. The van der Waals surface area contributed by atoms with Crippen molar-refractivity contribution in [3.05, 3.63) is 11.8 Å². The van der Waals surface area contributed by atoms with E-state index in [4.69, 9.17) is 9.47 Å². The summed E-state index contributed by atoms with van der Waals surface area (Å²) >= 11 is 0. The van der Waals surface area contributed by atoms with Crippen LogP contribution in [0, 0.1) is 5.41 Å². The Kier molecular flexibility index (Phi) is 5.73. The molecule has 2 aliphatic rings. The Labute approximate surface area is 130 Å².